The minimum atomic E-state index is -1.47. The van der Waals surface area contributed by atoms with Crippen molar-refractivity contribution < 1.29 is 23.2 Å². The van der Waals surface area contributed by atoms with Crippen molar-refractivity contribution in [3.8, 4) is 11.1 Å². The molecule has 0 bridgehead atoms. The molecule has 0 saturated carbocycles. The number of carbonyl (C=O) groups is 3. The lowest BCUT2D eigenvalue weighted by molar-refractivity contribution is -0.137. The first kappa shape index (κ1) is 26.3. The summed E-state index contributed by atoms with van der Waals surface area (Å²) in [6.45, 7) is -0.692. The number of amides is 3. The smallest absolute Gasteiger partial charge is 0.269 e. The quantitative estimate of drug-likeness (QED) is 0.281. The number of primary amides is 1. The topological polar surface area (TPSA) is 152 Å². The van der Waals surface area contributed by atoms with Crippen LogP contribution in [0.15, 0.2) is 55.0 Å². The van der Waals surface area contributed by atoms with Crippen LogP contribution in [0.4, 0.5) is 14.5 Å². The van der Waals surface area contributed by atoms with Crippen LogP contribution in [-0.4, -0.2) is 66.1 Å². The number of H-pyrrole nitrogens is 1. The van der Waals surface area contributed by atoms with E-state index in [0.29, 0.717) is 22.1 Å². The maximum atomic E-state index is 15.6. The molecule has 0 aliphatic carbocycles. The number of halogens is 3. The zero-order valence-electron chi connectivity index (χ0n) is 21.1. The van der Waals surface area contributed by atoms with E-state index >= 15 is 4.39 Å². The Morgan fingerprint density at radius 1 is 1.12 bits per heavy atom. The second kappa shape index (κ2) is 10.2. The second-order valence-electron chi connectivity index (χ2n) is 9.53. The fourth-order valence-corrected chi connectivity index (χ4v) is 5.35. The number of rotatable bonds is 6. The Hall–Kier alpha value is -4.91. The molecule has 5 aromatic rings. The lowest BCUT2D eigenvalue weighted by atomic mass is 10.1. The van der Waals surface area contributed by atoms with Crippen LogP contribution in [0.1, 0.15) is 16.9 Å². The summed E-state index contributed by atoms with van der Waals surface area (Å²) in [5.41, 5.74) is 6.88. The van der Waals surface area contributed by atoms with E-state index in [2.05, 4.69) is 25.4 Å². The largest absolute Gasteiger partial charge is 0.364 e. The van der Waals surface area contributed by atoms with Gasteiger partial charge in [0, 0.05) is 29.1 Å². The Kier molecular flexibility index (Phi) is 6.58. The molecule has 4 heterocycles. The Morgan fingerprint density at radius 2 is 1.93 bits per heavy atom. The number of para-hydroxylation sites is 1. The second-order valence-corrected chi connectivity index (χ2v) is 9.90. The molecule has 2 atom stereocenters. The van der Waals surface area contributed by atoms with Gasteiger partial charge in [0.1, 0.15) is 24.3 Å². The average molecular weight is 579 g/mol. The number of fused-ring (bicyclic) bond motifs is 2. The molecule has 3 amide bonds. The maximum absolute atomic E-state index is 15.6. The zero-order chi connectivity index (χ0) is 28.8. The Balaban J connectivity index is 1.24. The third kappa shape index (κ3) is 4.63. The van der Waals surface area contributed by atoms with Gasteiger partial charge in [-0.3, -0.25) is 19.1 Å². The first-order valence-corrected chi connectivity index (χ1v) is 12.9. The van der Waals surface area contributed by atoms with Crippen molar-refractivity contribution in [2.24, 2.45) is 5.73 Å². The molecule has 0 unspecified atom stereocenters. The molecule has 6 rings (SSSR count). The number of nitrogens with one attached hydrogen (secondary N) is 2. The molecule has 14 heteroatoms. The molecular formula is C27H21ClF2N8O3. The predicted molar refractivity (Wildman–Crippen MR) is 146 cm³/mol. The number of alkyl halides is 1. The van der Waals surface area contributed by atoms with Gasteiger partial charge in [-0.25, -0.2) is 18.7 Å². The number of benzene rings is 2. The average Bonchev–Trinajstić information content (AvgIpc) is 3.68. The van der Waals surface area contributed by atoms with Crippen molar-refractivity contribution in [3.05, 3.63) is 71.5 Å². The molecule has 11 nitrogen and oxygen atoms in total. The van der Waals surface area contributed by atoms with Gasteiger partial charge in [0.05, 0.1) is 29.1 Å². The van der Waals surface area contributed by atoms with Gasteiger partial charge in [0.2, 0.25) is 11.8 Å². The number of likely N-dealkylation sites (tertiary alicyclic amines) is 1. The van der Waals surface area contributed by atoms with Crippen molar-refractivity contribution in [2.75, 3.05) is 11.9 Å². The normalized spacial score (nSPS) is 16.9. The van der Waals surface area contributed by atoms with Gasteiger partial charge in [0.25, 0.3) is 5.91 Å². The summed E-state index contributed by atoms with van der Waals surface area (Å²) in [5.74, 6) is -2.90. The number of imidazole rings is 1. The van der Waals surface area contributed by atoms with Crippen LogP contribution < -0.4 is 11.1 Å². The van der Waals surface area contributed by atoms with Crippen molar-refractivity contribution in [3.63, 3.8) is 0 Å². The van der Waals surface area contributed by atoms with E-state index in [9.17, 15) is 18.8 Å². The summed E-state index contributed by atoms with van der Waals surface area (Å²) in [7, 11) is 0. The number of aromatic amines is 1. The number of carbonyl (C=O) groups excluding carboxylic acids is 3. The van der Waals surface area contributed by atoms with Gasteiger partial charge in [-0.05, 0) is 12.1 Å². The van der Waals surface area contributed by atoms with Crippen LogP contribution in [0.2, 0.25) is 5.02 Å². The summed E-state index contributed by atoms with van der Waals surface area (Å²) in [4.78, 5) is 50.5. The van der Waals surface area contributed by atoms with Crippen molar-refractivity contribution in [2.45, 2.75) is 25.2 Å². The first-order valence-electron chi connectivity index (χ1n) is 12.5. The van der Waals surface area contributed by atoms with E-state index in [-0.39, 0.29) is 47.0 Å². The van der Waals surface area contributed by atoms with Gasteiger partial charge in [-0.2, -0.15) is 5.10 Å². The minimum Gasteiger partial charge on any atom is -0.364 e. The van der Waals surface area contributed by atoms with E-state index < -0.39 is 35.8 Å². The van der Waals surface area contributed by atoms with Gasteiger partial charge in [0.15, 0.2) is 17.2 Å². The van der Waals surface area contributed by atoms with E-state index in [1.54, 1.807) is 24.3 Å². The van der Waals surface area contributed by atoms with Crippen molar-refractivity contribution >= 4 is 57.1 Å². The van der Waals surface area contributed by atoms with E-state index in [4.69, 9.17) is 17.3 Å². The Labute approximate surface area is 235 Å². The number of hydrogen-bond donors (Lipinski definition) is 3. The maximum Gasteiger partial charge on any atom is 0.269 e. The van der Waals surface area contributed by atoms with Crippen LogP contribution in [0.25, 0.3) is 33.2 Å². The van der Waals surface area contributed by atoms with Crippen molar-refractivity contribution in [1.82, 2.24) is 29.6 Å². The highest BCUT2D eigenvalue weighted by Crippen LogP contribution is 2.35. The number of hydrogen-bond acceptors (Lipinski definition) is 6. The summed E-state index contributed by atoms with van der Waals surface area (Å²) in [5, 5.41) is 7.31. The summed E-state index contributed by atoms with van der Waals surface area (Å²) in [6, 6.07) is 9.86. The molecule has 1 aliphatic rings. The molecule has 0 spiro atoms. The Morgan fingerprint density at radius 3 is 2.73 bits per heavy atom. The molecule has 41 heavy (non-hydrogen) atoms. The third-order valence-corrected chi connectivity index (χ3v) is 7.38. The van der Waals surface area contributed by atoms with Crippen molar-refractivity contribution in [1.29, 1.82) is 0 Å². The number of nitrogens with zero attached hydrogens (tertiary/aromatic N) is 5. The van der Waals surface area contributed by atoms with Crippen LogP contribution in [-0.2, 0) is 16.1 Å². The van der Waals surface area contributed by atoms with Crippen LogP contribution in [0.5, 0.6) is 0 Å². The van der Waals surface area contributed by atoms with Gasteiger partial charge >= 0.3 is 0 Å². The number of pyridine rings is 1. The van der Waals surface area contributed by atoms with Gasteiger partial charge < -0.3 is 20.9 Å². The summed E-state index contributed by atoms with van der Waals surface area (Å²) >= 11 is 6.46. The summed E-state index contributed by atoms with van der Waals surface area (Å²) < 4.78 is 31.4. The van der Waals surface area contributed by atoms with Crippen LogP contribution >= 0.6 is 11.6 Å². The van der Waals surface area contributed by atoms with E-state index in [0.717, 1.165) is 4.90 Å². The molecule has 4 N–H and O–H groups in total. The van der Waals surface area contributed by atoms with Gasteiger partial charge in [-0.1, -0.05) is 41.9 Å². The standard InChI is InChI=1S/C27H21ClF2N8O3/c28-21-16(9-32-26-24(21)33-12-34-26)14-5-3-6-17(22(14)30)35-27(41)19-8-13(29)10-37(19)20(39)11-38-18-7-2-1-4-15(18)23(36-38)25(31)40/h1-7,9,12-13,19H,8,10-11H2,(H2,31,40)(H,35,41)(H,32,33,34)/t13-,19+/m1/s1. The molecule has 1 fully saturated rings. The highest BCUT2D eigenvalue weighted by atomic mass is 35.5. The lowest BCUT2D eigenvalue weighted by Gasteiger charge is -2.24. The van der Waals surface area contributed by atoms with Gasteiger partial charge in [-0.15, -0.1) is 0 Å². The highest BCUT2D eigenvalue weighted by molar-refractivity contribution is 6.37. The number of aromatic nitrogens is 5. The van der Waals surface area contributed by atoms with E-state index in [1.165, 1.54) is 35.4 Å². The molecule has 0 radical (unpaired) electrons. The fraction of sp³-hybridized carbons (Fsp3) is 0.185. The predicted octanol–water partition coefficient (Wildman–Crippen LogP) is 3.44. The molecule has 3 aromatic heterocycles. The molecule has 1 saturated heterocycles. The zero-order valence-corrected chi connectivity index (χ0v) is 21.9. The van der Waals surface area contributed by atoms with Crippen LogP contribution in [0.3, 0.4) is 0 Å². The van der Waals surface area contributed by atoms with Crippen LogP contribution in [0, 0.1) is 5.82 Å². The highest BCUT2D eigenvalue weighted by Gasteiger charge is 2.40. The number of nitrogens with two attached hydrogens (primary N) is 1. The molecular weight excluding hydrogens is 558 g/mol. The monoisotopic (exact) mass is 578 g/mol. The summed E-state index contributed by atoms with van der Waals surface area (Å²) in [6.07, 6.45) is 1.06. The fourth-order valence-electron chi connectivity index (χ4n) is 5.06. The first-order chi connectivity index (χ1) is 19.7. The third-order valence-electron chi connectivity index (χ3n) is 6.99. The molecule has 208 valence electrons. The molecule has 2 aromatic carbocycles. The number of anilines is 1. The van der Waals surface area contributed by atoms with E-state index in [1.807, 2.05) is 0 Å². The molecule has 1 aliphatic heterocycles. The minimum absolute atomic E-state index is 0.00942. The Bertz CT molecular complexity index is 1860. The lowest BCUT2D eigenvalue weighted by Crippen LogP contribution is -2.44. The SMILES string of the molecule is NC(=O)c1nn(CC(=O)N2C[C@H](F)C[C@H]2C(=O)Nc2cccc(-c3cnc4nc[nH]c4c3Cl)c2F)c2ccccc12.